The van der Waals surface area contributed by atoms with Gasteiger partial charge in [-0.1, -0.05) is 13.8 Å². The van der Waals surface area contributed by atoms with Crippen LogP contribution in [0, 0.1) is 5.82 Å². The summed E-state index contributed by atoms with van der Waals surface area (Å²) >= 11 is 0. The van der Waals surface area contributed by atoms with Crippen molar-refractivity contribution in [2.45, 2.75) is 38.8 Å². The van der Waals surface area contributed by atoms with Gasteiger partial charge in [0, 0.05) is 36.9 Å². The van der Waals surface area contributed by atoms with E-state index in [1.807, 2.05) is 6.07 Å². The second-order valence-corrected chi connectivity index (χ2v) is 5.05. The zero-order valence-corrected chi connectivity index (χ0v) is 11.9. The molecule has 1 aliphatic heterocycles. The van der Waals surface area contributed by atoms with Gasteiger partial charge in [-0.3, -0.25) is 0 Å². The van der Waals surface area contributed by atoms with Gasteiger partial charge in [0.2, 0.25) is 0 Å². The van der Waals surface area contributed by atoms with Crippen LogP contribution in [-0.4, -0.2) is 32.3 Å². The van der Waals surface area contributed by atoms with Gasteiger partial charge in [-0.15, -0.1) is 0 Å². The predicted molar refractivity (Wildman–Crippen MR) is 76.5 cm³/mol. The Morgan fingerprint density at radius 1 is 1.37 bits per heavy atom. The van der Waals surface area contributed by atoms with Crippen LogP contribution in [0.5, 0.6) is 5.75 Å². The highest BCUT2D eigenvalue weighted by Gasteiger charge is 2.26. The van der Waals surface area contributed by atoms with E-state index >= 15 is 0 Å². The van der Waals surface area contributed by atoms with Gasteiger partial charge in [0.1, 0.15) is 0 Å². The van der Waals surface area contributed by atoms with Crippen LogP contribution in [0.3, 0.4) is 0 Å². The van der Waals surface area contributed by atoms with Crippen LogP contribution in [0.15, 0.2) is 18.2 Å². The lowest BCUT2D eigenvalue weighted by molar-refractivity contribution is 0.375. The van der Waals surface area contributed by atoms with E-state index < -0.39 is 0 Å². The summed E-state index contributed by atoms with van der Waals surface area (Å²) in [5, 5.41) is 3.55. The van der Waals surface area contributed by atoms with Gasteiger partial charge in [0.25, 0.3) is 0 Å². The molecule has 0 spiro atoms. The number of rotatable bonds is 4. The molecule has 1 aliphatic rings. The van der Waals surface area contributed by atoms with E-state index in [0.29, 0.717) is 17.8 Å². The van der Waals surface area contributed by atoms with Crippen molar-refractivity contribution in [3.8, 4) is 5.75 Å². The van der Waals surface area contributed by atoms with E-state index in [-0.39, 0.29) is 5.82 Å². The summed E-state index contributed by atoms with van der Waals surface area (Å²) in [5.74, 6) is 0.0143. The summed E-state index contributed by atoms with van der Waals surface area (Å²) in [6, 6.07) is 6.14. The lowest BCUT2D eigenvalue weighted by Gasteiger charge is -2.41. The molecule has 1 heterocycles. The Labute approximate surface area is 114 Å². The highest BCUT2D eigenvalue weighted by molar-refractivity contribution is 5.51. The van der Waals surface area contributed by atoms with Crippen molar-refractivity contribution in [3.05, 3.63) is 24.0 Å². The van der Waals surface area contributed by atoms with E-state index in [0.717, 1.165) is 31.6 Å². The monoisotopic (exact) mass is 266 g/mol. The maximum absolute atomic E-state index is 13.8. The minimum absolute atomic E-state index is 0.290. The molecule has 2 rings (SSSR count). The highest BCUT2D eigenvalue weighted by Crippen LogP contribution is 2.27. The van der Waals surface area contributed by atoms with Gasteiger partial charge >= 0.3 is 0 Å². The largest absolute Gasteiger partial charge is 0.494 e. The Morgan fingerprint density at radius 3 is 2.74 bits per heavy atom. The molecule has 0 aliphatic carbocycles. The quantitative estimate of drug-likeness (QED) is 0.907. The van der Waals surface area contributed by atoms with Crippen LogP contribution < -0.4 is 15.0 Å². The molecule has 1 aromatic carbocycles. The number of hydrogen-bond acceptors (Lipinski definition) is 3. The zero-order chi connectivity index (χ0) is 13.8. The third-order valence-corrected chi connectivity index (χ3v) is 3.93. The number of methoxy groups -OCH3 is 1. The number of nitrogens with one attached hydrogen (secondary N) is 1. The molecule has 3 nitrogen and oxygen atoms in total. The summed E-state index contributed by atoms with van der Waals surface area (Å²) in [6.07, 6.45) is 2.14. The number of ether oxygens (including phenoxy) is 1. The highest BCUT2D eigenvalue weighted by atomic mass is 19.1. The van der Waals surface area contributed by atoms with Crippen LogP contribution in [0.2, 0.25) is 0 Å². The van der Waals surface area contributed by atoms with Crippen LogP contribution in [0.4, 0.5) is 10.1 Å². The summed E-state index contributed by atoms with van der Waals surface area (Å²) in [4.78, 5) is 2.31. The molecule has 2 atom stereocenters. The Bertz CT molecular complexity index is 425. The van der Waals surface area contributed by atoms with E-state index in [1.165, 1.54) is 7.11 Å². The summed E-state index contributed by atoms with van der Waals surface area (Å²) in [7, 11) is 1.49. The van der Waals surface area contributed by atoms with Gasteiger partial charge in [-0.25, -0.2) is 4.39 Å². The fourth-order valence-corrected chi connectivity index (χ4v) is 2.65. The Balaban J connectivity index is 2.23. The summed E-state index contributed by atoms with van der Waals surface area (Å²) in [6.45, 7) is 6.24. The lowest BCUT2D eigenvalue weighted by Crippen LogP contribution is -2.56. The standard InChI is InChI=1S/C15H23FN2O/c1-4-11-10-18(12(5-2)9-17-11)13-6-7-15(19-3)14(16)8-13/h6-8,11-12,17H,4-5,9-10H2,1-3H3. The van der Waals surface area contributed by atoms with Gasteiger partial charge in [0.05, 0.1) is 7.11 Å². The van der Waals surface area contributed by atoms with Crippen molar-refractivity contribution >= 4 is 5.69 Å². The maximum atomic E-state index is 13.8. The maximum Gasteiger partial charge on any atom is 0.167 e. The molecule has 4 heteroatoms. The van der Waals surface area contributed by atoms with Crippen LogP contribution in [0.25, 0.3) is 0 Å². The van der Waals surface area contributed by atoms with Crippen molar-refractivity contribution < 1.29 is 9.13 Å². The van der Waals surface area contributed by atoms with Crippen molar-refractivity contribution in [2.75, 3.05) is 25.1 Å². The third-order valence-electron chi connectivity index (χ3n) is 3.93. The average Bonchev–Trinajstić information content (AvgIpc) is 2.46. The van der Waals surface area contributed by atoms with Gasteiger partial charge in [-0.2, -0.15) is 0 Å². The molecule has 1 saturated heterocycles. The van der Waals surface area contributed by atoms with Crippen LogP contribution >= 0.6 is 0 Å². The topological polar surface area (TPSA) is 24.5 Å². The second-order valence-electron chi connectivity index (χ2n) is 5.05. The SMILES string of the molecule is CCC1CN(c2ccc(OC)c(F)c2)C(CC)CN1. The molecule has 1 N–H and O–H groups in total. The molecular weight excluding hydrogens is 243 g/mol. The molecule has 2 unspecified atom stereocenters. The molecule has 0 amide bonds. The molecule has 0 radical (unpaired) electrons. The first-order valence-corrected chi connectivity index (χ1v) is 7.03. The fourth-order valence-electron chi connectivity index (χ4n) is 2.65. The Hall–Kier alpha value is -1.29. The molecule has 106 valence electrons. The summed E-state index contributed by atoms with van der Waals surface area (Å²) < 4.78 is 18.8. The fraction of sp³-hybridized carbons (Fsp3) is 0.600. The van der Waals surface area contributed by atoms with Crippen molar-refractivity contribution in [3.63, 3.8) is 0 Å². The number of nitrogens with zero attached hydrogens (tertiary/aromatic N) is 1. The summed E-state index contributed by atoms with van der Waals surface area (Å²) in [5.41, 5.74) is 0.949. The normalized spacial score (nSPS) is 23.5. The average molecular weight is 266 g/mol. The molecular formula is C15H23FN2O. The smallest absolute Gasteiger partial charge is 0.167 e. The molecule has 1 aromatic rings. The van der Waals surface area contributed by atoms with Crippen LogP contribution in [-0.2, 0) is 0 Å². The first-order chi connectivity index (χ1) is 9.19. The number of anilines is 1. The Kier molecular flexibility index (Phi) is 4.64. The first-order valence-electron chi connectivity index (χ1n) is 7.03. The second kappa shape index (κ2) is 6.24. The number of benzene rings is 1. The Morgan fingerprint density at radius 2 is 2.16 bits per heavy atom. The third kappa shape index (κ3) is 3.00. The van der Waals surface area contributed by atoms with Crippen molar-refractivity contribution in [1.82, 2.24) is 5.32 Å². The minimum atomic E-state index is -0.290. The van der Waals surface area contributed by atoms with Gasteiger partial charge in [-0.05, 0) is 25.0 Å². The van der Waals surface area contributed by atoms with Gasteiger partial charge < -0.3 is 15.0 Å². The molecule has 0 aromatic heterocycles. The number of halogens is 1. The van der Waals surface area contributed by atoms with Gasteiger partial charge in [0.15, 0.2) is 11.6 Å². The predicted octanol–water partition coefficient (Wildman–Crippen LogP) is 2.80. The molecule has 0 bridgehead atoms. The van der Waals surface area contributed by atoms with Crippen molar-refractivity contribution in [1.29, 1.82) is 0 Å². The molecule has 19 heavy (non-hydrogen) atoms. The number of piperazine rings is 1. The first kappa shape index (κ1) is 14.1. The molecule has 0 saturated carbocycles. The van der Waals surface area contributed by atoms with E-state index in [2.05, 4.69) is 24.1 Å². The van der Waals surface area contributed by atoms with Crippen LogP contribution in [0.1, 0.15) is 26.7 Å². The lowest BCUT2D eigenvalue weighted by atomic mass is 10.0. The van der Waals surface area contributed by atoms with E-state index in [1.54, 1.807) is 12.1 Å². The molecule has 1 fully saturated rings. The zero-order valence-electron chi connectivity index (χ0n) is 11.9. The van der Waals surface area contributed by atoms with Crippen molar-refractivity contribution in [2.24, 2.45) is 0 Å². The van der Waals surface area contributed by atoms with E-state index in [9.17, 15) is 4.39 Å². The van der Waals surface area contributed by atoms with E-state index in [4.69, 9.17) is 4.74 Å². The number of hydrogen-bond donors (Lipinski definition) is 1. The minimum Gasteiger partial charge on any atom is -0.494 e.